The summed E-state index contributed by atoms with van der Waals surface area (Å²) in [5.41, 5.74) is 1.27. The molecule has 0 radical (unpaired) electrons. The van der Waals surface area contributed by atoms with E-state index in [9.17, 15) is 4.79 Å². The Morgan fingerprint density at radius 1 is 1.28 bits per heavy atom. The van der Waals surface area contributed by atoms with Crippen LogP contribution in [0.1, 0.15) is 32.3 Å². The van der Waals surface area contributed by atoms with Crippen LogP contribution in [0, 0.1) is 5.92 Å². The van der Waals surface area contributed by atoms with Gasteiger partial charge in [0.25, 0.3) is 0 Å². The first-order chi connectivity index (χ1) is 8.65. The lowest BCUT2D eigenvalue weighted by molar-refractivity contribution is -0.143. The zero-order valence-corrected chi connectivity index (χ0v) is 11.4. The van der Waals surface area contributed by atoms with Gasteiger partial charge in [0.1, 0.15) is 5.75 Å². The van der Waals surface area contributed by atoms with Crippen molar-refractivity contribution >= 4 is 5.97 Å². The fourth-order valence-electron chi connectivity index (χ4n) is 1.86. The molecule has 0 amide bonds. The van der Waals surface area contributed by atoms with Crippen molar-refractivity contribution in [2.75, 3.05) is 13.7 Å². The van der Waals surface area contributed by atoms with Gasteiger partial charge in [-0.15, -0.1) is 0 Å². The van der Waals surface area contributed by atoms with Crippen LogP contribution >= 0.6 is 0 Å². The highest BCUT2D eigenvalue weighted by Crippen LogP contribution is 2.17. The molecule has 0 heterocycles. The van der Waals surface area contributed by atoms with Crippen LogP contribution in [0.15, 0.2) is 24.3 Å². The highest BCUT2D eigenvalue weighted by Gasteiger charge is 2.08. The maximum atomic E-state index is 11.2. The number of hydrogen-bond donors (Lipinski definition) is 0. The Morgan fingerprint density at radius 3 is 2.50 bits per heavy atom. The lowest BCUT2D eigenvalue weighted by Crippen LogP contribution is -2.07. The molecule has 0 saturated carbocycles. The first-order valence-electron chi connectivity index (χ1n) is 6.44. The third kappa shape index (κ3) is 5.21. The molecule has 0 bridgehead atoms. The highest BCUT2D eigenvalue weighted by atomic mass is 16.5. The molecule has 3 heteroatoms. The average Bonchev–Trinajstić information content (AvgIpc) is 2.38. The number of rotatable bonds is 7. The second-order valence-electron chi connectivity index (χ2n) is 4.50. The molecule has 0 fully saturated rings. The largest absolute Gasteiger partial charge is 0.497 e. The van der Waals surface area contributed by atoms with E-state index in [4.69, 9.17) is 9.47 Å². The van der Waals surface area contributed by atoms with Gasteiger partial charge in [-0.25, -0.2) is 0 Å². The number of ether oxygens (including phenoxy) is 2. The van der Waals surface area contributed by atoms with Gasteiger partial charge in [0.2, 0.25) is 0 Å². The summed E-state index contributed by atoms with van der Waals surface area (Å²) in [4.78, 5) is 11.2. The molecular weight excluding hydrogens is 228 g/mol. The first-order valence-corrected chi connectivity index (χ1v) is 6.44. The van der Waals surface area contributed by atoms with E-state index in [0.29, 0.717) is 18.9 Å². The van der Waals surface area contributed by atoms with Gasteiger partial charge >= 0.3 is 5.97 Å². The van der Waals surface area contributed by atoms with E-state index in [0.717, 1.165) is 18.6 Å². The molecule has 0 aliphatic heterocycles. The van der Waals surface area contributed by atoms with Crippen LogP contribution in [0.5, 0.6) is 5.75 Å². The zero-order chi connectivity index (χ0) is 13.4. The summed E-state index contributed by atoms with van der Waals surface area (Å²) in [5.74, 6) is 1.25. The predicted octanol–water partition coefficient (Wildman–Crippen LogP) is 3.22. The highest BCUT2D eigenvalue weighted by molar-refractivity contribution is 5.69. The normalized spacial score (nSPS) is 11.9. The van der Waals surface area contributed by atoms with Crippen molar-refractivity contribution in [3.8, 4) is 5.75 Å². The van der Waals surface area contributed by atoms with Gasteiger partial charge in [0, 0.05) is 6.42 Å². The Bertz CT molecular complexity index is 357. The van der Waals surface area contributed by atoms with Gasteiger partial charge in [0.15, 0.2) is 0 Å². The van der Waals surface area contributed by atoms with E-state index in [2.05, 4.69) is 19.1 Å². The number of methoxy groups -OCH3 is 1. The van der Waals surface area contributed by atoms with Gasteiger partial charge in [-0.05, 0) is 43.4 Å². The molecule has 0 saturated heterocycles. The molecule has 0 aromatic heterocycles. The van der Waals surface area contributed by atoms with Crippen LogP contribution in [0.25, 0.3) is 0 Å². The summed E-state index contributed by atoms with van der Waals surface area (Å²) in [6, 6.07) is 8.07. The maximum absolute atomic E-state index is 11.2. The number of carbonyl (C=O) groups excluding carboxylic acids is 1. The van der Waals surface area contributed by atoms with Crippen LogP contribution in [-0.4, -0.2) is 19.7 Å². The van der Waals surface area contributed by atoms with Crippen LogP contribution in [0.4, 0.5) is 0 Å². The second-order valence-corrected chi connectivity index (χ2v) is 4.50. The van der Waals surface area contributed by atoms with Crippen molar-refractivity contribution in [2.45, 2.75) is 33.1 Å². The van der Waals surface area contributed by atoms with Crippen molar-refractivity contribution in [2.24, 2.45) is 5.92 Å². The number of benzene rings is 1. The van der Waals surface area contributed by atoms with Gasteiger partial charge in [-0.1, -0.05) is 19.1 Å². The van der Waals surface area contributed by atoms with Crippen molar-refractivity contribution in [1.82, 2.24) is 0 Å². The molecule has 1 atom stereocenters. The van der Waals surface area contributed by atoms with Crippen molar-refractivity contribution in [1.29, 1.82) is 0 Å². The minimum Gasteiger partial charge on any atom is -0.497 e. The van der Waals surface area contributed by atoms with Gasteiger partial charge in [-0.2, -0.15) is 0 Å². The lowest BCUT2D eigenvalue weighted by atomic mass is 9.97. The summed E-state index contributed by atoms with van der Waals surface area (Å²) < 4.78 is 10.0. The zero-order valence-electron chi connectivity index (χ0n) is 11.4. The summed E-state index contributed by atoms with van der Waals surface area (Å²) in [7, 11) is 1.66. The second kappa shape index (κ2) is 7.75. The van der Waals surface area contributed by atoms with Crippen LogP contribution in [0.3, 0.4) is 0 Å². The molecule has 1 rings (SSSR count). The number of hydrogen-bond acceptors (Lipinski definition) is 3. The van der Waals surface area contributed by atoms with Gasteiger partial charge < -0.3 is 9.47 Å². The first kappa shape index (κ1) is 14.6. The SMILES string of the molecule is CCOC(=O)CCC(C)Cc1ccc(OC)cc1. The Kier molecular flexibility index (Phi) is 6.26. The molecule has 18 heavy (non-hydrogen) atoms. The number of carbonyl (C=O) groups is 1. The van der Waals surface area contributed by atoms with E-state index in [1.54, 1.807) is 7.11 Å². The molecule has 0 aliphatic rings. The Hall–Kier alpha value is -1.51. The third-order valence-electron chi connectivity index (χ3n) is 2.89. The standard InChI is InChI=1S/C15H22O3/c1-4-18-15(16)10-5-12(2)11-13-6-8-14(17-3)9-7-13/h6-9,12H,4-5,10-11H2,1-3H3. The third-order valence-corrected chi connectivity index (χ3v) is 2.89. The molecule has 0 aliphatic carbocycles. The smallest absolute Gasteiger partial charge is 0.305 e. The summed E-state index contributed by atoms with van der Waals surface area (Å²) in [5, 5.41) is 0. The number of esters is 1. The summed E-state index contributed by atoms with van der Waals surface area (Å²) in [6.07, 6.45) is 2.35. The van der Waals surface area contributed by atoms with E-state index < -0.39 is 0 Å². The van der Waals surface area contributed by atoms with Crippen molar-refractivity contribution < 1.29 is 14.3 Å². The molecule has 1 unspecified atom stereocenters. The fourth-order valence-corrected chi connectivity index (χ4v) is 1.86. The van der Waals surface area contributed by atoms with Crippen LogP contribution < -0.4 is 4.74 Å². The molecule has 3 nitrogen and oxygen atoms in total. The minimum absolute atomic E-state index is 0.0981. The van der Waals surface area contributed by atoms with E-state index >= 15 is 0 Å². The average molecular weight is 250 g/mol. The van der Waals surface area contributed by atoms with Gasteiger partial charge in [-0.3, -0.25) is 4.79 Å². The van der Waals surface area contributed by atoms with Gasteiger partial charge in [0.05, 0.1) is 13.7 Å². The van der Waals surface area contributed by atoms with Crippen LogP contribution in [0.2, 0.25) is 0 Å². The Balaban J connectivity index is 2.34. The van der Waals surface area contributed by atoms with E-state index in [-0.39, 0.29) is 5.97 Å². The van der Waals surface area contributed by atoms with Crippen molar-refractivity contribution in [3.63, 3.8) is 0 Å². The summed E-state index contributed by atoms with van der Waals surface area (Å²) >= 11 is 0. The molecule has 0 spiro atoms. The monoisotopic (exact) mass is 250 g/mol. The molecular formula is C15H22O3. The summed E-state index contributed by atoms with van der Waals surface area (Å²) in [6.45, 7) is 4.45. The quantitative estimate of drug-likeness (QED) is 0.697. The van der Waals surface area contributed by atoms with Crippen LogP contribution in [-0.2, 0) is 16.0 Å². The predicted molar refractivity (Wildman–Crippen MR) is 71.7 cm³/mol. The van der Waals surface area contributed by atoms with E-state index in [1.807, 2.05) is 19.1 Å². The molecule has 1 aromatic carbocycles. The van der Waals surface area contributed by atoms with E-state index in [1.165, 1.54) is 5.56 Å². The van der Waals surface area contributed by atoms with Crippen molar-refractivity contribution in [3.05, 3.63) is 29.8 Å². The lowest BCUT2D eigenvalue weighted by Gasteiger charge is -2.11. The molecule has 100 valence electrons. The minimum atomic E-state index is -0.0981. The Labute approximate surface area is 109 Å². The topological polar surface area (TPSA) is 35.5 Å². The fraction of sp³-hybridized carbons (Fsp3) is 0.533. The Morgan fingerprint density at radius 2 is 1.94 bits per heavy atom. The molecule has 1 aromatic rings. The molecule has 0 N–H and O–H groups in total. The maximum Gasteiger partial charge on any atom is 0.305 e.